The molecule has 0 atom stereocenters. The van der Waals surface area contributed by atoms with Gasteiger partial charge in [-0.25, -0.2) is 0 Å². The van der Waals surface area contributed by atoms with Crippen molar-refractivity contribution in [2.75, 3.05) is 34.0 Å². The van der Waals surface area contributed by atoms with Crippen LogP contribution in [0.5, 0.6) is 0 Å². The zero-order chi connectivity index (χ0) is 13.5. The number of hydrogen-bond acceptors (Lipinski definition) is 4. The van der Waals surface area contributed by atoms with Crippen LogP contribution < -0.4 is 0 Å². The summed E-state index contributed by atoms with van der Waals surface area (Å²) in [5, 5.41) is 1.14. The van der Waals surface area contributed by atoms with Crippen molar-refractivity contribution in [3.05, 3.63) is 42.1 Å². The molecule has 0 radical (unpaired) electrons. The quantitative estimate of drug-likeness (QED) is 0.565. The summed E-state index contributed by atoms with van der Waals surface area (Å²) in [5.74, 6) is 0. The number of fused-ring (bicyclic) bond motifs is 1. The van der Waals surface area contributed by atoms with Gasteiger partial charge in [0.1, 0.15) is 6.79 Å². The molecule has 2 rings (SSSR count). The van der Waals surface area contributed by atoms with E-state index in [2.05, 4.69) is 22.0 Å². The lowest BCUT2D eigenvalue weighted by molar-refractivity contribution is -0.0638. The first-order valence-corrected chi connectivity index (χ1v) is 6.39. The molecule has 0 fully saturated rings. The van der Waals surface area contributed by atoms with E-state index in [9.17, 15) is 0 Å². The molecule has 0 aliphatic rings. The predicted octanol–water partition coefficient (Wildman–Crippen LogP) is 2.29. The topological polar surface area (TPSA) is 34.6 Å². The molecule has 1 aromatic carbocycles. The number of pyridine rings is 1. The molecule has 1 heterocycles. The minimum atomic E-state index is 0.332. The van der Waals surface area contributed by atoms with Crippen LogP contribution in [0.25, 0.3) is 10.9 Å². The van der Waals surface area contributed by atoms with E-state index in [0.29, 0.717) is 20.0 Å². The maximum atomic E-state index is 5.49. The number of ether oxygens (including phenoxy) is 2. The van der Waals surface area contributed by atoms with Gasteiger partial charge in [0.15, 0.2) is 0 Å². The van der Waals surface area contributed by atoms with Gasteiger partial charge in [0.2, 0.25) is 0 Å². The van der Waals surface area contributed by atoms with Gasteiger partial charge in [0, 0.05) is 18.1 Å². The molecule has 0 N–H and O–H groups in total. The van der Waals surface area contributed by atoms with Crippen LogP contribution in [0.1, 0.15) is 5.56 Å². The summed E-state index contributed by atoms with van der Waals surface area (Å²) >= 11 is 0. The third-order valence-corrected chi connectivity index (χ3v) is 2.79. The fourth-order valence-corrected chi connectivity index (χ4v) is 1.74. The van der Waals surface area contributed by atoms with E-state index in [1.54, 1.807) is 6.20 Å². The molecule has 0 spiro atoms. The van der Waals surface area contributed by atoms with Gasteiger partial charge >= 0.3 is 0 Å². The zero-order valence-corrected chi connectivity index (χ0v) is 11.5. The molecular formula is C15H20N2O2. The number of hydrogen-bond donors (Lipinski definition) is 0. The summed E-state index contributed by atoms with van der Waals surface area (Å²) < 4.78 is 10.9. The zero-order valence-electron chi connectivity index (χ0n) is 11.5. The number of benzene rings is 1. The van der Waals surface area contributed by atoms with Crippen LogP contribution in [0.4, 0.5) is 0 Å². The van der Waals surface area contributed by atoms with E-state index in [0.717, 1.165) is 23.0 Å². The van der Waals surface area contributed by atoms with Gasteiger partial charge in [-0.3, -0.25) is 4.98 Å². The lowest BCUT2D eigenvalue weighted by atomic mass is 10.1. The molecule has 2 aromatic rings. The Morgan fingerprint density at radius 3 is 2.89 bits per heavy atom. The molecule has 0 saturated carbocycles. The fourth-order valence-electron chi connectivity index (χ4n) is 1.74. The summed E-state index contributed by atoms with van der Waals surface area (Å²) in [4.78, 5) is 6.37. The molecule has 19 heavy (non-hydrogen) atoms. The average molecular weight is 260 g/mol. The van der Waals surface area contributed by atoms with Gasteiger partial charge in [-0.2, -0.15) is 0 Å². The van der Waals surface area contributed by atoms with Crippen molar-refractivity contribution in [1.29, 1.82) is 0 Å². The van der Waals surface area contributed by atoms with Crippen molar-refractivity contribution in [2.45, 2.75) is 6.61 Å². The van der Waals surface area contributed by atoms with Crippen molar-refractivity contribution in [3.63, 3.8) is 0 Å². The predicted molar refractivity (Wildman–Crippen MR) is 75.9 cm³/mol. The van der Waals surface area contributed by atoms with Crippen LogP contribution in [0, 0.1) is 0 Å². The molecule has 0 bridgehead atoms. The first kappa shape index (κ1) is 13.9. The minimum absolute atomic E-state index is 0.332. The SMILES string of the molecule is CN(C)CCOCOCc1ccc2ncccc2c1. The molecule has 102 valence electrons. The van der Waals surface area contributed by atoms with Crippen LogP contribution in [0.2, 0.25) is 0 Å². The van der Waals surface area contributed by atoms with Gasteiger partial charge in [-0.05, 0) is 37.9 Å². The highest BCUT2D eigenvalue weighted by molar-refractivity contribution is 5.78. The summed E-state index contributed by atoms with van der Waals surface area (Å²) in [6.07, 6.45) is 1.80. The molecule has 0 saturated heterocycles. The number of aromatic nitrogens is 1. The maximum Gasteiger partial charge on any atom is 0.147 e. The molecule has 0 aliphatic heterocycles. The molecule has 0 amide bonds. The van der Waals surface area contributed by atoms with E-state index >= 15 is 0 Å². The smallest absolute Gasteiger partial charge is 0.147 e. The normalized spacial score (nSPS) is 11.3. The van der Waals surface area contributed by atoms with Gasteiger partial charge in [-0.15, -0.1) is 0 Å². The Kier molecular flexibility index (Phi) is 5.27. The fraction of sp³-hybridized carbons (Fsp3) is 0.400. The standard InChI is InChI=1S/C15H20N2O2/c1-17(2)8-9-18-12-19-11-13-5-6-15-14(10-13)4-3-7-16-15/h3-7,10H,8-9,11-12H2,1-2H3. The third-order valence-electron chi connectivity index (χ3n) is 2.79. The summed E-state index contributed by atoms with van der Waals surface area (Å²) in [5.41, 5.74) is 2.14. The second-order valence-corrected chi connectivity index (χ2v) is 4.71. The number of likely N-dealkylation sites (N-methyl/N-ethyl adjacent to an activating group) is 1. The van der Waals surface area contributed by atoms with Gasteiger partial charge in [0.25, 0.3) is 0 Å². The van der Waals surface area contributed by atoms with Crippen LogP contribution >= 0.6 is 0 Å². The van der Waals surface area contributed by atoms with Crippen LogP contribution in [-0.4, -0.2) is 43.9 Å². The van der Waals surface area contributed by atoms with Gasteiger partial charge < -0.3 is 14.4 Å². The lowest BCUT2D eigenvalue weighted by Gasteiger charge is -2.10. The van der Waals surface area contributed by atoms with Crippen molar-refractivity contribution < 1.29 is 9.47 Å². The number of nitrogens with zero attached hydrogens (tertiary/aromatic N) is 2. The largest absolute Gasteiger partial charge is 0.354 e. The van der Waals surface area contributed by atoms with E-state index in [4.69, 9.17) is 9.47 Å². The summed E-state index contributed by atoms with van der Waals surface area (Å²) in [7, 11) is 4.04. The molecular weight excluding hydrogens is 240 g/mol. The van der Waals surface area contributed by atoms with E-state index in [1.165, 1.54) is 0 Å². The highest BCUT2D eigenvalue weighted by Crippen LogP contribution is 2.13. The second-order valence-electron chi connectivity index (χ2n) is 4.71. The number of rotatable bonds is 7. The highest BCUT2D eigenvalue weighted by Gasteiger charge is 1.97. The first-order chi connectivity index (χ1) is 9.25. The minimum Gasteiger partial charge on any atom is -0.354 e. The summed E-state index contributed by atoms with van der Waals surface area (Å²) in [6.45, 7) is 2.49. The Labute approximate surface area is 114 Å². The van der Waals surface area contributed by atoms with E-state index in [1.807, 2.05) is 32.3 Å². The van der Waals surface area contributed by atoms with Crippen molar-refractivity contribution in [2.24, 2.45) is 0 Å². The third kappa shape index (κ3) is 4.59. The van der Waals surface area contributed by atoms with E-state index < -0.39 is 0 Å². The Morgan fingerprint density at radius 1 is 1.16 bits per heavy atom. The lowest BCUT2D eigenvalue weighted by Crippen LogP contribution is -2.18. The molecule has 4 nitrogen and oxygen atoms in total. The Morgan fingerprint density at radius 2 is 2.05 bits per heavy atom. The second kappa shape index (κ2) is 7.19. The van der Waals surface area contributed by atoms with Gasteiger partial charge in [-0.1, -0.05) is 12.1 Å². The maximum absolute atomic E-state index is 5.49. The average Bonchev–Trinajstić information content (AvgIpc) is 2.42. The molecule has 0 unspecified atom stereocenters. The first-order valence-electron chi connectivity index (χ1n) is 6.39. The van der Waals surface area contributed by atoms with E-state index in [-0.39, 0.29) is 0 Å². The molecule has 0 aliphatic carbocycles. The summed E-state index contributed by atoms with van der Waals surface area (Å²) in [6, 6.07) is 10.1. The highest BCUT2D eigenvalue weighted by atomic mass is 16.7. The Balaban J connectivity index is 1.75. The van der Waals surface area contributed by atoms with Crippen LogP contribution in [-0.2, 0) is 16.1 Å². The Bertz CT molecular complexity index is 514. The molecule has 4 heteroatoms. The Hall–Kier alpha value is -1.49. The van der Waals surface area contributed by atoms with Crippen molar-refractivity contribution >= 4 is 10.9 Å². The van der Waals surface area contributed by atoms with Crippen LogP contribution in [0.3, 0.4) is 0 Å². The van der Waals surface area contributed by atoms with Crippen molar-refractivity contribution in [1.82, 2.24) is 9.88 Å². The van der Waals surface area contributed by atoms with Crippen molar-refractivity contribution in [3.8, 4) is 0 Å². The monoisotopic (exact) mass is 260 g/mol. The van der Waals surface area contributed by atoms with Crippen LogP contribution in [0.15, 0.2) is 36.5 Å². The van der Waals surface area contributed by atoms with Gasteiger partial charge in [0.05, 0.1) is 18.7 Å². The molecule has 1 aromatic heterocycles.